The summed E-state index contributed by atoms with van der Waals surface area (Å²) in [7, 11) is 0. The van der Waals surface area contributed by atoms with E-state index in [1.54, 1.807) is 19.9 Å². The van der Waals surface area contributed by atoms with Crippen LogP contribution < -0.4 is 5.32 Å². The Balaban J connectivity index is 2.52. The van der Waals surface area contributed by atoms with Gasteiger partial charge in [-0.2, -0.15) is 0 Å². The molecule has 1 aromatic carbocycles. The number of amides is 1. The van der Waals surface area contributed by atoms with Crippen LogP contribution in [0.1, 0.15) is 19.4 Å². The van der Waals surface area contributed by atoms with Crippen molar-refractivity contribution in [1.82, 2.24) is 5.32 Å². The van der Waals surface area contributed by atoms with Gasteiger partial charge in [0.1, 0.15) is 6.54 Å². The highest BCUT2D eigenvalue weighted by molar-refractivity contribution is 5.98. The van der Waals surface area contributed by atoms with Crippen LogP contribution in [0.25, 0.3) is 6.08 Å². The number of carbonyl (C=O) groups excluding carboxylic acids is 2. The van der Waals surface area contributed by atoms with Crippen LogP contribution in [0.4, 0.5) is 0 Å². The summed E-state index contributed by atoms with van der Waals surface area (Å²) in [6, 6.07) is 9.52. The molecule has 0 aliphatic carbocycles. The van der Waals surface area contributed by atoms with E-state index in [-0.39, 0.29) is 12.5 Å². The van der Waals surface area contributed by atoms with Crippen molar-refractivity contribution >= 4 is 18.0 Å². The summed E-state index contributed by atoms with van der Waals surface area (Å²) in [5, 5.41) is 2.51. The van der Waals surface area contributed by atoms with Crippen molar-refractivity contribution in [1.29, 1.82) is 0 Å². The number of hydrogen-bond acceptors (Lipinski definition) is 3. The van der Waals surface area contributed by atoms with Crippen molar-refractivity contribution in [3.63, 3.8) is 0 Å². The van der Waals surface area contributed by atoms with E-state index in [1.807, 2.05) is 30.3 Å². The molecular weight excluding hydrogens is 230 g/mol. The largest absolute Gasteiger partial charge is 0.465 e. The van der Waals surface area contributed by atoms with E-state index in [1.165, 1.54) is 0 Å². The lowest BCUT2D eigenvalue weighted by molar-refractivity contribution is -0.143. The van der Waals surface area contributed by atoms with Gasteiger partial charge in [0.15, 0.2) is 0 Å². The molecule has 0 heterocycles. The van der Waals surface area contributed by atoms with E-state index in [0.29, 0.717) is 12.2 Å². The van der Waals surface area contributed by atoms with E-state index in [9.17, 15) is 9.59 Å². The molecule has 0 fully saturated rings. The van der Waals surface area contributed by atoms with Gasteiger partial charge in [-0.15, -0.1) is 0 Å². The summed E-state index contributed by atoms with van der Waals surface area (Å²) in [4.78, 5) is 22.7. The first-order chi connectivity index (χ1) is 8.63. The summed E-state index contributed by atoms with van der Waals surface area (Å²) in [5.41, 5.74) is 1.49. The highest BCUT2D eigenvalue weighted by Crippen LogP contribution is 2.05. The Hall–Kier alpha value is -2.10. The third kappa shape index (κ3) is 4.82. The second kappa shape index (κ2) is 7.27. The number of benzene rings is 1. The van der Waals surface area contributed by atoms with Crippen LogP contribution in [-0.4, -0.2) is 25.0 Å². The van der Waals surface area contributed by atoms with Crippen LogP contribution in [0.15, 0.2) is 35.9 Å². The lowest BCUT2D eigenvalue weighted by Crippen LogP contribution is -2.31. The molecule has 0 aromatic heterocycles. The maximum absolute atomic E-state index is 11.7. The number of esters is 1. The standard InChI is InChI=1S/C14H17NO3/c1-3-18-13(16)10-15-14(17)11(2)9-12-7-5-4-6-8-12/h4-9H,3,10H2,1-2H3,(H,15,17). The van der Waals surface area contributed by atoms with Gasteiger partial charge in [0.2, 0.25) is 5.91 Å². The normalized spacial score (nSPS) is 10.9. The summed E-state index contributed by atoms with van der Waals surface area (Å²) in [6.45, 7) is 3.63. The van der Waals surface area contributed by atoms with Gasteiger partial charge in [-0.3, -0.25) is 9.59 Å². The first kappa shape index (κ1) is 14.0. The molecule has 0 aliphatic rings. The van der Waals surface area contributed by atoms with Crippen molar-refractivity contribution in [3.05, 3.63) is 41.5 Å². The molecule has 1 rings (SSSR count). The zero-order valence-corrected chi connectivity index (χ0v) is 10.6. The molecule has 18 heavy (non-hydrogen) atoms. The fourth-order valence-corrected chi connectivity index (χ4v) is 1.37. The first-order valence-electron chi connectivity index (χ1n) is 5.80. The molecule has 4 nitrogen and oxygen atoms in total. The molecule has 0 aliphatic heterocycles. The number of ether oxygens (including phenoxy) is 1. The van der Waals surface area contributed by atoms with Crippen molar-refractivity contribution < 1.29 is 14.3 Å². The fraction of sp³-hybridized carbons (Fsp3) is 0.286. The summed E-state index contributed by atoms with van der Waals surface area (Å²) >= 11 is 0. The second-order valence-corrected chi connectivity index (χ2v) is 3.73. The summed E-state index contributed by atoms with van der Waals surface area (Å²) < 4.78 is 4.72. The highest BCUT2D eigenvalue weighted by atomic mass is 16.5. The van der Waals surface area contributed by atoms with E-state index in [4.69, 9.17) is 4.74 Å². The molecule has 1 amide bonds. The van der Waals surface area contributed by atoms with Crippen LogP contribution in [0.3, 0.4) is 0 Å². The quantitative estimate of drug-likeness (QED) is 0.637. The monoisotopic (exact) mass is 247 g/mol. The zero-order chi connectivity index (χ0) is 13.4. The molecule has 1 aromatic rings. The third-order valence-electron chi connectivity index (χ3n) is 2.24. The highest BCUT2D eigenvalue weighted by Gasteiger charge is 2.07. The molecule has 0 spiro atoms. The minimum atomic E-state index is -0.432. The van der Waals surface area contributed by atoms with Crippen LogP contribution in [0.2, 0.25) is 0 Å². The molecule has 1 N–H and O–H groups in total. The lowest BCUT2D eigenvalue weighted by atomic mass is 10.1. The van der Waals surface area contributed by atoms with Crippen molar-refractivity contribution in [2.24, 2.45) is 0 Å². The van der Waals surface area contributed by atoms with Crippen LogP contribution in [-0.2, 0) is 14.3 Å². The number of rotatable bonds is 5. The molecule has 0 bridgehead atoms. The Morgan fingerprint density at radius 2 is 1.94 bits per heavy atom. The van der Waals surface area contributed by atoms with Crippen LogP contribution >= 0.6 is 0 Å². The van der Waals surface area contributed by atoms with Crippen molar-refractivity contribution in [3.8, 4) is 0 Å². The van der Waals surface area contributed by atoms with Gasteiger partial charge < -0.3 is 10.1 Å². The van der Waals surface area contributed by atoms with Crippen molar-refractivity contribution in [2.75, 3.05) is 13.2 Å². The van der Waals surface area contributed by atoms with Gasteiger partial charge in [0.05, 0.1) is 6.61 Å². The minimum Gasteiger partial charge on any atom is -0.465 e. The zero-order valence-electron chi connectivity index (χ0n) is 10.6. The first-order valence-corrected chi connectivity index (χ1v) is 5.80. The summed E-state index contributed by atoms with van der Waals surface area (Å²) in [6.07, 6.45) is 1.76. The molecule has 0 saturated heterocycles. The molecule has 0 radical (unpaired) electrons. The topological polar surface area (TPSA) is 55.4 Å². The van der Waals surface area contributed by atoms with E-state index in [0.717, 1.165) is 5.56 Å². The smallest absolute Gasteiger partial charge is 0.325 e. The average Bonchev–Trinajstić information content (AvgIpc) is 2.37. The van der Waals surface area contributed by atoms with Gasteiger partial charge in [0, 0.05) is 5.57 Å². The van der Waals surface area contributed by atoms with Crippen LogP contribution in [0, 0.1) is 0 Å². The van der Waals surface area contributed by atoms with E-state index >= 15 is 0 Å². The Bertz CT molecular complexity index is 438. The van der Waals surface area contributed by atoms with Crippen molar-refractivity contribution in [2.45, 2.75) is 13.8 Å². The molecular formula is C14H17NO3. The number of nitrogens with one attached hydrogen (secondary N) is 1. The Kier molecular flexibility index (Phi) is 5.64. The lowest BCUT2D eigenvalue weighted by Gasteiger charge is -2.05. The second-order valence-electron chi connectivity index (χ2n) is 3.73. The minimum absolute atomic E-state index is 0.105. The molecule has 0 saturated carbocycles. The molecule has 0 unspecified atom stereocenters. The molecule has 0 atom stereocenters. The van der Waals surface area contributed by atoms with Gasteiger partial charge in [-0.25, -0.2) is 0 Å². The predicted molar refractivity (Wildman–Crippen MR) is 69.7 cm³/mol. The maximum atomic E-state index is 11.7. The van der Waals surface area contributed by atoms with Crippen LogP contribution in [0.5, 0.6) is 0 Å². The Morgan fingerprint density at radius 1 is 1.28 bits per heavy atom. The van der Waals surface area contributed by atoms with E-state index < -0.39 is 5.97 Å². The molecule has 4 heteroatoms. The maximum Gasteiger partial charge on any atom is 0.325 e. The Morgan fingerprint density at radius 3 is 2.56 bits per heavy atom. The predicted octanol–water partition coefficient (Wildman–Crippen LogP) is 1.77. The van der Waals surface area contributed by atoms with Gasteiger partial charge in [-0.1, -0.05) is 30.3 Å². The average molecular weight is 247 g/mol. The van der Waals surface area contributed by atoms with Gasteiger partial charge in [-0.05, 0) is 25.5 Å². The summed E-state index contributed by atoms with van der Waals surface area (Å²) in [5.74, 6) is -0.703. The fourth-order valence-electron chi connectivity index (χ4n) is 1.37. The van der Waals surface area contributed by atoms with Gasteiger partial charge >= 0.3 is 5.97 Å². The SMILES string of the molecule is CCOC(=O)CNC(=O)C(C)=Cc1ccccc1. The number of carbonyl (C=O) groups is 2. The molecule has 96 valence electrons. The van der Waals surface area contributed by atoms with Gasteiger partial charge in [0.25, 0.3) is 0 Å². The number of hydrogen-bond donors (Lipinski definition) is 1. The Labute approximate surface area is 107 Å². The third-order valence-corrected chi connectivity index (χ3v) is 2.24. The van der Waals surface area contributed by atoms with E-state index in [2.05, 4.69) is 5.32 Å².